The maximum Gasteiger partial charge on any atom is 0.254 e. The first-order valence-corrected chi connectivity index (χ1v) is 7.13. The zero-order valence-electron chi connectivity index (χ0n) is 12.9. The van der Waals surface area contributed by atoms with Crippen molar-refractivity contribution in [1.82, 2.24) is 4.90 Å². The van der Waals surface area contributed by atoms with Crippen LogP contribution in [0.1, 0.15) is 32.6 Å². The minimum atomic E-state index is 0.0445. The lowest BCUT2D eigenvalue weighted by Gasteiger charge is -2.20. The van der Waals surface area contributed by atoms with Crippen molar-refractivity contribution in [3.8, 4) is 0 Å². The average Bonchev–Trinajstić information content (AvgIpc) is 2.50. The number of nitrogens with two attached hydrogens (primary N) is 1. The number of carbonyl (C=O) groups excluding carboxylic acids is 1. The zero-order valence-corrected chi connectivity index (χ0v) is 12.9. The predicted octanol–water partition coefficient (Wildman–Crippen LogP) is 3.03. The van der Waals surface area contributed by atoms with E-state index in [0.717, 1.165) is 27.8 Å². The van der Waals surface area contributed by atoms with Gasteiger partial charge in [-0.3, -0.25) is 4.79 Å². The Morgan fingerprint density at radius 2 is 1.71 bits per heavy atom. The molecule has 3 nitrogen and oxygen atoms in total. The average molecular weight is 282 g/mol. The second kappa shape index (κ2) is 6.55. The number of hydrogen-bond acceptors (Lipinski definition) is 2. The van der Waals surface area contributed by atoms with Gasteiger partial charge < -0.3 is 10.6 Å². The minimum Gasteiger partial charge on any atom is -0.337 e. The monoisotopic (exact) mass is 282 g/mol. The quantitative estimate of drug-likeness (QED) is 0.937. The summed E-state index contributed by atoms with van der Waals surface area (Å²) in [6.07, 6.45) is 0. The van der Waals surface area contributed by atoms with Gasteiger partial charge in [-0.15, -0.1) is 0 Å². The Balaban J connectivity index is 2.22. The molecule has 2 rings (SSSR count). The zero-order chi connectivity index (χ0) is 15.4. The number of benzene rings is 2. The first-order chi connectivity index (χ1) is 10.0. The molecule has 0 aliphatic rings. The van der Waals surface area contributed by atoms with Crippen molar-refractivity contribution in [1.29, 1.82) is 0 Å². The molecule has 1 amide bonds. The first-order valence-electron chi connectivity index (χ1n) is 7.13. The Bertz CT molecular complexity index is 649. The molecule has 0 aliphatic carbocycles. The highest BCUT2D eigenvalue weighted by atomic mass is 16.2. The van der Waals surface area contributed by atoms with Crippen molar-refractivity contribution < 1.29 is 4.79 Å². The molecule has 0 saturated carbocycles. The van der Waals surface area contributed by atoms with Crippen LogP contribution >= 0.6 is 0 Å². The highest BCUT2D eigenvalue weighted by Crippen LogP contribution is 2.17. The van der Waals surface area contributed by atoms with Gasteiger partial charge in [0.05, 0.1) is 0 Å². The topological polar surface area (TPSA) is 46.3 Å². The van der Waals surface area contributed by atoms with Gasteiger partial charge in [-0.25, -0.2) is 0 Å². The van der Waals surface area contributed by atoms with Crippen molar-refractivity contribution in [2.24, 2.45) is 5.73 Å². The molecule has 2 aromatic rings. The highest BCUT2D eigenvalue weighted by molar-refractivity contribution is 5.95. The lowest BCUT2D eigenvalue weighted by Crippen LogP contribution is -2.27. The Morgan fingerprint density at radius 3 is 2.38 bits per heavy atom. The fourth-order valence-electron chi connectivity index (χ4n) is 2.43. The molecule has 0 aromatic heterocycles. The Kier molecular flexibility index (Phi) is 4.76. The van der Waals surface area contributed by atoms with Crippen LogP contribution in [-0.4, -0.2) is 17.9 Å². The van der Waals surface area contributed by atoms with Crippen LogP contribution < -0.4 is 5.73 Å². The second-order valence-electron chi connectivity index (χ2n) is 5.38. The van der Waals surface area contributed by atoms with Gasteiger partial charge in [0, 0.05) is 25.7 Å². The summed E-state index contributed by atoms with van der Waals surface area (Å²) in [6.45, 7) is 5.07. The predicted molar refractivity (Wildman–Crippen MR) is 86.0 cm³/mol. The van der Waals surface area contributed by atoms with E-state index in [-0.39, 0.29) is 5.91 Å². The molecule has 0 fully saturated rings. The SMILES string of the molecule is Cc1cccc(C(=O)N(C)Cc2ccccc2CN)c1C. The van der Waals surface area contributed by atoms with Gasteiger partial charge in [-0.05, 0) is 42.2 Å². The standard InChI is InChI=1S/C18H22N2O/c1-13-7-6-10-17(14(13)2)18(21)20(3)12-16-9-5-4-8-15(16)11-19/h4-10H,11-12,19H2,1-3H3. The molecule has 2 aromatic carbocycles. The van der Waals surface area contributed by atoms with E-state index in [0.29, 0.717) is 13.1 Å². The number of hydrogen-bond donors (Lipinski definition) is 1. The third-order valence-corrected chi connectivity index (χ3v) is 3.93. The number of amides is 1. The van der Waals surface area contributed by atoms with Crippen molar-refractivity contribution >= 4 is 5.91 Å². The third kappa shape index (κ3) is 3.31. The van der Waals surface area contributed by atoms with Crippen molar-refractivity contribution in [2.75, 3.05) is 7.05 Å². The molecule has 0 bridgehead atoms. The number of nitrogens with zero attached hydrogens (tertiary/aromatic N) is 1. The smallest absolute Gasteiger partial charge is 0.254 e. The largest absolute Gasteiger partial charge is 0.337 e. The van der Waals surface area contributed by atoms with E-state index in [1.54, 1.807) is 4.90 Å². The van der Waals surface area contributed by atoms with Crippen LogP contribution in [0.2, 0.25) is 0 Å². The maximum absolute atomic E-state index is 12.6. The lowest BCUT2D eigenvalue weighted by molar-refractivity contribution is 0.0784. The number of carbonyl (C=O) groups is 1. The van der Waals surface area contributed by atoms with Crippen LogP contribution in [0, 0.1) is 13.8 Å². The summed E-state index contributed by atoms with van der Waals surface area (Å²) in [5, 5.41) is 0. The lowest BCUT2D eigenvalue weighted by atomic mass is 10.0. The molecule has 110 valence electrons. The third-order valence-electron chi connectivity index (χ3n) is 3.93. The Morgan fingerprint density at radius 1 is 1.05 bits per heavy atom. The van der Waals surface area contributed by atoms with E-state index >= 15 is 0 Å². The van der Waals surface area contributed by atoms with Crippen molar-refractivity contribution in [2.45, 2.75) is 26.9 Å². The van der Waals surface area contributed by atoms with Crippen molar-refractivity contribution in [3.05, 3.63) is 70.3 Å². The summed E-state index contributed by atoms with van der Waals surface area (Å²) in [7, 11) is 1.83. The molecular formula is C18H22N2O. The maximum atomic E-state index is 12.6. The van der Waals surface area contributed by atoms with Gasteiger partial charge in [-0.2, -0.15) is 0 Å². The van der Waals surface area contributed by atoms with Crippen LogP contribution in [0.3, 0.4) is 0 Å². The molecule has 3 heteroatoms. The molecule has 0 spiro atoms. The fourth-order valence-corrected chi connectivity index (χ4v) is 2.43. The van der Waals surface area contributed by atoms with Gasteiger partial charge in [0.25, 0.3) is 5.91 Å². The molecule has 0 atom stereocenters. The summed E-state index contributed by atoms with van der Waals surface area (Å²) < 4.78 is 0. The minimum absolute atomic E-state index is 0.0445. The number of rotatable bonds is 4. The van der Waals surface area contributed by atoms with Crippen LogP contribution in [0.5, 0.6) is 0 Å². The van der Waals surface area contributed by atoms with Crippen LogP contribution in [-0.2, 0) is 13.1 Å². The normalized spacial score (nSPS) is 10.5. The molecule has 21 heavy (non-hydrogen) atoms. The molecular weight excluding hydrogens is 260 g/mol. The summed E-state index contributed by atoms with van der Waals surface area (Å²) in [4.78, 5) is 14.4. The highest BCUT2D eigenvalue weighted by Gasteiger charge is 2.15. The van der Waals surface area contributed by atoms with Crippen molar-refractivity contribution in [3.63, 3.8) is 0 Å². The summed E-state index contributed by atoms with van der Waals surface area (Å²) >= 11 is 0. The Labute approximate surface area is 126 Å². The first kappa shape index (κ1) is 15.3. The van der Waals surface area contributed by atoms with Gasteiger partial charge in [0.1, 0.15) is 0 Å². The Hall–Kier alpha value is -2.13. The van der Waals surface area contributed by atoms with E-state index in [9.17, 15) is 4.79 Å². The molecule has 2 N–H and O–H groups in total. The molecule has 0 aliphatic heterocycles. The van der Waals surface area contributed by atoms with E-state index < -0.39 is 0 Å². The van der Waals surface area contributed by atoms with Gasteiger partial charge >= 0.3 is 0 Å². The van der Waals surface area contributed by atoms with Gasteiger partial charge in [0.2, 0.25) is 0 Å². The number of aryl methyl sites for hydroxylation is 1. The van der Waals surface area contributed by atoms with Gasteiger partial charge in [-0.1, -0.05) is 36.4 Å². The summed E-state index contributed by atoms with van der Waals surface area (Å²) in [5.41, 5.74) is 10.9. The van der Waals surface area contributed by atoms with E-state index in [4.69, 9.17) is 5.73 Å². The van der Waals surface area contributed by atoms with E-state index in [2.05, 4.69) is 0 Å². The molecule has 0 unspecified atom stereocenters. The van der Waals surface area contributed by atoms with Crippen LogP contribution in [0.15, 0.2) is 42.5 Å². The van der Waals surface area contributed by atoms with E-state index in [1.165, 1.54) is 0 Å². The van der Waals surface area contributed by atoms with E-state index in [1.807, 2.05) is 63.4 Å². The summed E-state index contributed by atoms with van der Waals surface area (Å²) in [5.74, 6) is 0.0445. The fraction of sp³-hybridized carbons (Fsp3) is 0.278. The molecule has 0 saturated heterocycles. The van der Waals surface area contributed by atoms with Crippen LogP contribution in [0.4, 0.5) is 0 Å². The second-order valence-corrected chi connectivity index (χ2v) is 5.38. The molecule has 0 radical (unpaired) electrons. The van der Waals surface area contributed by atoms with Crippen LogP contribution in [0.25, 0.3) is 0 Å². The van der Waals surface area contributed by atoms with Gasteiger partial charge in [0.15, 0.2) is 0 Å². The molecule has 0 heterocycles. The summed E-state index contributed by atoms with van der Waals surface area (Å²) in [6, 6.07) is 13.8.